The lowest BCUT2D eigenvalue weighted by atomic mass is 9.89. The van der Waals surface area contributed by atoms with Crippen LogP contribution in [0.1, 0.15) is 29.3 Å². The fourth-order valence-corrected chi connectivity index (χ4v) is 6.70. The monoisotopic (exact) mass is 531 g/mol. The number of hydrogen-bond acceptors (Lipinski definition) is 7. The van der Waals surface area contributed by atoms with Gasteiger partial charge < -0.3 is 4.90 Å². The normalized spacial score (nSPS) is 15.2. The highest BCUT2D eigenvalue weighted by Crippen LogP contribution is 2.37. The van der Waals surface area contributed by atoms with E-state index < -0.39 is 0 Å². The number of anilines is 1. The predicted octanol–water partition coefficient (Wildman–Crippen LogP) is 4.88. The van der Waals surface area contributed by atoms with E-state index in [1.54, 1.807) is 22.1 Å². The highest BCUT2D eigenvalue weighted by molar-refractivity contribution is 7.99. The van der Waals surface area contributed by atoms with Crippen LogP contribution in [0.2, 0.25) is 0 Å². The van der Waals surface area contributed by atoms with Gasteiger partial charge in [-0.15, -0.1) is 11.3 Å². The van der Waals surface area contributed by atoms with E-state index in [1.807, 2.05) is 73.6 Å². The summed E-state index contributed by atoms with van der Waals surface area (Å²) in [5.41, 5.74) is 6.39. The second-order valence-corrected chi connectivity index (χ2v) is 11.5. The van der Waals surface area contributed by atoms with Crippen molar-refractivity contribution in [2.24, 2.45) is 11.0 Å². The first-order chi connectivity index (χ1) is 17.9. The minimum atomic E-state index is -0.264. The molecule has 2 aromatic heterocycles. The third-order valence-electron chi connectivity index (χ3n) is 6.46. The van der Waals surface area contributed by atoms with E-state index in [-0.39, 0.29) is 17.2 Å². The Balaban J connectivity index is 1.37. The van der Waals surface area contributed by atoms with Crippen LogP contribution in [0, 0.1) is 5.92 Å². The maximum Gasteiger partial charge on any atom is 0.267 e. The lowest BCUT2D eigenvalue weighted by molar-refractivity contribution is -0.118. The van der Waals surface area contributed by atoms with Crippen LogP contribution in [-0.4, -0.2) is 41.5 Å². The highest BCUT2D eigenvalue weighted by Gasteiger charge is 2.25. The number of hydrazone groups is 1. The number of amides is 1. The maximum atomic E-state index is 13.8. The zero-order valence-corrected chi connectivity index (χ0v) is 22.7. The van der Waals surface area contributed by atoms with Gasteiger partial charge in [0, 0.05) is 24.7 Å². The molecule has 1 aliphatic carbocycles. The van der Waals surface area contributed by atoms with Crippen molar-refractivity contribution in [3.8, 4) is 5.69 Å². The lowest BCUT2D eigenvalue weighted by Crippen LogP contribution is -2.24. The van der Waals surface area contributed by atoms with Gasteiger partial charge in [-0.05, 0) is 60.6 Å². The van der Waals surface area contributed by atoms with Crippen molar-refractivity contribution in [3.05, 3.63) is 81.0 Å². The number of aromatic nitrogens is 2. The third-order valence-corrected chi connectivity index (χ3v) is 8.54. The Morgan fingerprint density at radius 3 is 2.70 bits per heavy atom. The minimum Gasteiger partial charge on any atom is -0.378 e. The molecule has 1 atom stereocenters. The van der Waals surface area contributed by atoms with Crippen LogP contribution >= 0.6 is 23.1 Å². The summed E-state index contributed by atoms with van der Waals surface area (Å²) >= 11 is 2.86. The molecular weight excluding hydrogens is 502 g/mol. The van der Waals surface area contributed by atoms with E-state index in [0.29, 0.717) is 11.1 Å². The standard InChI is InChI=1S/C28H29N5O2S2/c1-18-9-14-22-23(15-18)37-26-25(22)27(35)33(21-7-5-4-6-8-21)28(30-26)36-17-24(34)31-29-16-19-10-12-20(13-11-19)32(2)3/h4-8,10-13,16,18H,9,14-15,17H2,1-3H3,(H,31,34)/b29-16+. The van der Waals surface area contributed by atoms with E-state index in [9.17, 15) is 9.59 Å². The zero-order valence-electron chi connectivity index (χ0n) is 21.1. The largest absolute Gasteiger partial charge is 0.378 e. The van der Waals surface area contributed by atoms with Crippen molar-refractivity contribution < 1.29 is 4.79 Å². The molecular formula is C28H29N5O2S2. The van der Waals surface area contributed by atoms with Gasteiger partial charge in [0.1, 0.15) is 4.83 Å². The molecule has 1 unspecified atom stereocenters. The maximum absolute atomic E-state index is 13.8. The summed E-state index contributed by atoms with van der Waals surface area (Å²) in [6.07, 6.45) is 4.60. The van der Waals surface area contributed by atoms with Gasteiger partial charge in [-0.3, -0.25) is 14.2 Å². The highest BCUT2D eigenvalue weighted by atomic mass is 32.2. The molecule has 0 saturated carbocycles. The zero-order chi connectivity index (χ0) is 25.9. The van der Waals surface area contributed by atoms with Crippen LogP contribution in [0.15, 0.2) is 69.6 Å². The SMILES string of the molecule is CC1CCc2c(sc3nc(SCC(=O)N/N=C/c4ccc(N(C)C)cc4)n(-c4ccccc4)c(=O)c23)C1. The van der Waals surface area contributed by atoms with Crippen LogP contribution in [0.3, 0.4) is 0 Å². The van der Waals surface area contributed by atoms with Crippen molar-refractivity contribution >= 4 is 51.1 Å². The van der Waals surface area contributed by atoms with Crippen LogP contribution in [0.5, 0.6) is 0 Å². The van der Waals surface area contributed by atoms with Gasteiger partial charge in [0.2, 0.25) is 0 Å². The van der Waals surface area contributed by atoms with Crippen LogP contribution in [0.4, 0.5) is 5.69 Å². The molecule has 37 heavy (non-hydrogen) atoms. The van der Waals surface area contributed by atoms with Crippen molar-refractivity contribution in [1.29, 1.82) is 0 Å². The fraction of sp³-hybridized carbons (Fsp3) is 0.286. The molecule has 0 aliphatic heterocycles. The average Bonchev–Trinajstić information content (AvgIpc) is 3.26. The molecule has 190 valence electrons. The Morgan fingerprint density at radius 1 is 1.22 bits per heavy atom. The third kappa shape index (κ3) is 5.47. The number of fused-ring (bicyclic) bond motifs is 3. The molecule has 0 saturated heterocycles. The number of nitrogens with zero attached hydrogens (tertiary/aromatic N) is 4. The Morgan fingerprint density at radius 2 is 1.97 bits per heavy atom. The smallest absolute Gasteiger partial charge is 0.267 e. The molecule has 0 radical (unpaired) electrons. The molecule has 0 fully saturated rings. The topological polar surface area (TPSA) is 79.6 Å². The molecule has 5 rings (SSSR count). The molecule has 1 N–H and O–H groups in total. The van der Waals surface area contributed by atoms with Gasteiger partial charge in [0.05, 0.1) is 23.0 Å². The first-order valence-electron chi connectivity index (χ1n) is 12.3. The van der Waals surface area contributed by atoms with Crippen LogP contribution < -0.4 is 15.9 Å². The number of hydrogen-bond donors (Lipinski definition) is 1. The van der Waals surface area contributed by atoms with Gasteiger partial charge in [-0.1, -0.05) is 49.0 Å². The van der Waals surface area contributed by atoms with Gasteiger partial charge in [0.15, 0.2) is 5.16 Å². The number of aryl methyl sites for hydroxylation is 1. The second-order valence-electron chi connectivity index (χ2n) is 9.47. The molecule has 2 heterocycles. The summed E-state index contributed by atoms with van der Waals surface area (Å²) < 4.78 is 1.64. The summed E-state index contributed by atoms with van der Waals surface area (Å²) in [5.74, 6) is 0.435. The Bertz CT molecular complexity index is 1510. The van der Waals surface area contributed by atoms with E-state index in [2.05, 4.69) is 17.5 Å². The van der Waals surface area contributed by atoms with Crippen molar-refractivity contribution in [2.45, 2.75) is 31.3 Å². The minimum absolute atomic E-state index is 0.0645. The Labute approximate surface area is 224 Å². The van der Waals surface area contributed by atoms with E-state index in [1.165, 1.54) is 16.6 Å². The lowest BCUT2D eigenvalue weighted by Gasteiger charge is -2.17. The van der Waals surface area contributed by atoms with Crippen molar-refractivity contribution in [2.75, 3.05) is 24.7 Å². The van der Waals surface area contributed by atoms with E-state index in [4.69, 9.17) is 4.98 Å². The molecule has 0 spiro atoms. The number of rotatable bonds is 7. The van der Waals surface area contributed by atoms with Crippen LogP contribution in [-0.2, 0) is 17.6 Å². The number of benzene rings is 2. The Hall–Kier alpha value is -3.43. The summed E-state index contributed by atoms with van der Waals surface area (Å²) in [6, 6.07) is 17.4. The number of thioether (sulfide) groups is 1. The summed E-state index contributed by atoms with van der Waals surface area (Å²) in [6.45, 7) is 2.25. The molecule has 1 amide bonds. The average molecular weight is 532 g/mol. The number of carbonyl (C=O) groups excluding carboxylic acids is 1. The number of thiophene rings is 1. The quantitative estimate of drug-likeness (QED) is 0.159. The predicted molar refractivity (Wildman–Crippen MR) is 154 cm³/mol. The van der Waals surface area contributed by atoms with Gasteiger partial charge in [-0.25, -0.2) is 10.4 Å². The van der Waals surface area contributed by atoms with E-state index in [0.717, 1.165) is 52.0 Å². The molecule has 1 aliphatic rings. The summed E-state index contributed by atoms with van der Waals surface area (Å²) in [7, 11) is 3.97. The van der Waals surface area contributed by atoms with Gasteiger partial charge in [0.25, 0.3) is 11.5 Å². The molecule has 7 nitrogen and oxygen atoms in total. The molecule has 4 aromatic rings. The van der Waals surface area contributed by atoms with E-state index >= 15 is 0 Å². The van der Waals surface area contributed by atoms with Crippen molar-refractivity contribution in [3.63, 3.8) is 0 Å². The molecule has 9 heteroatoms. The van der Waals surface area contributed by atoms with Crippen LogP contribution in [0.25, 0.3) is 15.9 Å². The van der Waals surface area contributed by atoms with Gasteiger partial charge >= 0.3 is 0 Å². The first kappa shape index (κ1) is 25.2. The molecule has 0 bridgehead atoms. The second kappa shape index (κ2) is 10.9. The Kier molecular flexibility index (Phi) is 7.43. The fourth-order valence-electron chi connectivity index (χ4n) is 4.47. The van der Waals surface area contributed by atoms with Crippen molar-refractivity contribution in [1.82, 2.24) is 15.0 Å². The summed E-state index contributed by atoms with van der Waals surface area (Å²) in [4.78, 5) is 35.3. The first-order valence-corrected chi connectivity index (χ1v) is 14.1. The number of para-hydroxylation sites is 1. The van der Waals surface area contributed by atoms with Gasteiger partial charge in [-0.2, -0.15) is 5.10 Å². The molecule has 2 aromatic carbocycles. The number of nitrogens with one attached hydrogen (secondary N) is 1. The number of carbonyl (C=O) groups is 1. The summed E-state index contributed by atoms with van der Waals surface area (Å²) in [5, 5.41) is 5.33.